The third-order valence-corrected chi connectivity index (χ3v) is 7.14. The Morgan fingerprint density at radius 2 is 1.50 bits per heavy atom. The molecule has 24 heavy (non-hydrogen) atoms. The highest BCUT2D eigenvalue weighted by atomic mass is 14.4. The number of hydrogen-bond donors (Lipinski definition) is 0. The summed E-state index contributed by atoms with van der Waals surface area (Å²) >= 11 is 0. The van der Waals surface area contributed by atoms with Crippen LogP contribution in [0.2, 0.25) is 0 Å². The lowest BCUT2D eigenvalue weighted by Gasteiger charge is -2.33. The Bertz CT molecular complexity index is 696. The summed E-state index contributed by atoms with van der Waals surface area (Å²) in [4.78, 5) is 0. The molecule has 5 rings (SSSR count). The highest BCUT2D eigenvalue weighted by Gasteiger charge is 2.36. The summed E-state index contributed by atoms with van der Waals surface area (Å²) in [7, 11) is 0. The Morgan fingerprint density at radius 1 is 0.708 bits per heavy atom. The molecule has 5 aliphatic carbocycles. The van der Waals surface area contributed by atoms with Crippen molar-refractivity contribution in [2.75, 3.05) is 0 Å². The summed E-state index contributed by atoms with van der Waals surface area (Å²) in [6, 6.07) is 0. The Kier molecular flexibility index (Phi) is 3.88. The summed E-state index contributed by atoms with van der Waals surface area (Å²) in [6.07, 6.45) is 25.1. The SMILES string of the molecule is C1=CCC(C2CCC3=C(CC4=C3CCCC4)C2=C2CCCCC2)=C1. The molecule has 0 N–H and O–H groups in total. The predicted molar refractivity (Wildman–Crippen MR) is 102 cm³/mol. The topological polar surface area (TPSA) is 0 Å². The van der Waals surface area contributed by atoms with Crippen molar-refractivity contribution < 1.29 is 0 Å². The summed E-state index contributed by atoms with van der Waals surface area (Å²) in [6.45, 7) is 0. The lowest BCUT2D eigenvalue weighted by atomic mass is 9.71. The first-order valence-corrected chi connectivity index (χ1v) is 10.4. The lowest BCUT2D eigenvalue weighted by molar-refractivity contribution is 0.552. The molecule has 0 radical (unpaired) electrons. The molecule has 0 aromatic rings. The fourth-order valence-electron chi connectivity index (χ4n) is 6.03. The zero-order chi connectivity index (χ0) is 15.9. The van der Waals surface area contributed by atoms with Crippen molar-refractivity contribution in [2.45, 2.75) is 83.5 Å². The van der Waals surface area contributed by atoms with Gasteiger partial charge in [0.25, 0.3) is 0 Å². The van der Waals surface area contributed by atoms with Crippen molar-refractivity contribution in [3.63, 3.8) is 0 Å². The maximum absolute atomic E-state index is 2.43. The summed E-state index contributed by atoms with van der Waals surface area (Å²) in [5.74, 6) is 0.744. The molecule has 0 heteroatoms. The molecule has 0 amide bonds. The standard InChI is InChI=1S/C24H30/c1-2-10-18(11-3-1)24-21(17-8-4-5-9-17)14-15-22-20-13-7-6-12-19(20)16-23(22)24/h4-5,8,21H,1-3,6-7,9-16H2. The summed E-state index contributed by atoms with van der Waals surface area (Å²) in [5.41, 5.74) is 12.7. The molecule has 0 saturated heterocycles. The molecule has 5 aliphatic rings. The quantitative estimate of drug-likeness (QED) is 0.483. The van der Waals surface area contributed by atoms with E-state index in [2.05, 4.69) is 18.2 Å². The number of rotatable bonds is 1. The first-order valence-electron chi connectivity index (χ1n) is 10.4. The van der Waals surface area contributed by atoms with E-state index in [9.17, 15) is 0 Å². The number of hydrogen-bond acceptors (Lipinski definition) is 0. The van der Waals surface area contributed by atoms with Gasteiger partial charge < -0.3 is 0 Å². The minimum absolute atomic E-state index is 0.744. The van der Waals surface area contributed by atoms with Crippen LogP contribution in [0.3, 0.4) is 0 Å². The van der Waals surface area contributed by atoms with Gasteiger partial charge in [0, 0.05) is 5.92 Å². The second-order valence-corrected chi connectivity index (χ2v) is 8.47. The van der Waals surface area contributed by atoms with E-state index < -0.39 is 0 Å². The second kappa shape index (κ2) is 6.21. The monoisotopic (exact) mass is 318 g/mol. The van der Waals surface area contributed by atoms with Gasteiger partial charge in [-0.05, 0) is 99.3 Å². The van der Waals surface area contributed by atoms with Crippen LogP contribution >= 0.6 is 0 Å². The molecule has 1 unspecified atom stereocenters. The average molecular weight is 319 g/mol. The maximum Gasteiger partial charge on any atom is 0.00600 e. The average Bonchev–Trinajstić information content (AvgIpc) is 3.29. The van der Waals surface area contributed by atoms with E-state index in [1.165, 1.54) is 83.5 Å². The molecule has 0 aromatic carbocycles. The van der Waals surface area contributed by atoms with Crippen LogP contribution in [0.1, 0.15) is 83.5 Å². The van der Waals surface area contributed by atoms with E-state index in [1.54, 1.807) is 5.57 Å². The lowest BCUT2D eigenvalue weighted by Crippen LogP contribution is -2.18. The first kappa shape index (κ1) is 15.0. The highest BCUT2D eigenvalue weighted by molar-refractivity contribution is 5.60. The third kappa shape index (κ3) is 2.41. The van der Waals surface area contributed by atoms with Crippen LogP contribution in [-0.4, -0.2) is 0 Å². The molecule has 1 atom stereocenters. The van der Waals surface area contributed by atoms with Crippen LogP contribution in [0, 0.1) is 5.92 Å². The molecule has 0 spiro atoms. The first-order chi connectivity index (χ1) is 11.9. The summed E-state index contributed by atoms with van der Waals surface area (Å²) < 4.78 is 0. The number of fused-ring (bicyclic) bond motifs is 1. The van der Waals surface area contributed by atoms with E-state index >= 15 is 0 Å². The van der Waals surface area contributed by atoms with Gasteiger partial charge in [0.1, 0.15) is 0 Å². The van der Waals surface area contributed by atoms with Crippen LogP contribution in [0.4, 0.5) is 0 Å². The highest BCUT2D eigenvalue weighted by Crippen LogP contribution is 2.53. The molecule has 0 heterocycles. The van der Waals surface area contributed by atoms with Gasteiger partial charge in [-0.15, -0.1) is 0 Å². The van der Waals surface area contributed by atoms with Gasteiger partial charge in [-0.3, -0.25) is 0 Å². The fourth-order valence-corrected chi connectivity index (χ4v) is 6.03. The van der Waals surface area contributed by atoms with E-state index in [0.29, 0.717) is 0 Å². The molecule has 0 bridgehead atoms. The fraction of sp³-hybridized carbons (Fsp3) is 0.583. The van der Waals surface area contributed by atoms with Crippen molar-refractivity contribution in [1.82, 2.24) is 0 Å². The Balaban J connectivity index is 1.58. The summed E-state index contributed by atoms with van der Waals surface area (Å²) in [5, 5.41) is 0. The van der Waals surface area contributed by atoms with Gasteiger partial charge in [-0.25, -0.2) is 0 Å². The van der Waals surface area contributed by atoms with Crippen LogP contribution in [0.5, 0.6) is 0 Å². The molecule has 1 saturated carbocycles. The van der Waals surface area contributed by atoms with Crippen molar-refractivity contribution in [3.05, 3.63) is 57.2 Å². The van der Waals surface area contributed by atoms with Crippen molar-refractivity contribution in [1.29, 1.82) is 0 Å². The second-order valence-electron chi connectivity index (χ2n) is 8.47. The van der Waals surface area contributed by atoms with Crippen molar-refractivity contribution >= 4 is 0 Å². The van der Waals surface area contributed by atoms with E-state index in [1.807, 2.05) is 33.4 Å². The number of allylic oxidation sites excluding steroid dienone is 10. The van der Waals surface area contributed by atoms with Gasteiger partial charge in [0.2, 0.25) is 0 Å². The zero-order valence-electron chi connectivity index (χ0n) is 15.0. The van der Waals surface area contributed by atoms with Gasteiger partial charge >= 0.3 is 0 Å². The Hall–Kier alpha value is -1.30. The largest absolute Gasteiger partial charge is 0.0804 e. The minimum atomic E-state index is 0.744. The third-order valence-electron chi connectivity index (χ3n) is 7.14. The molecule has 1 fully saturated rings. The van der Waals surface area contributed by atoms with E-state index in [4.69, 9.17) is 0 Å². The molecule has 0 nitrogen and oxygen atoms in total. The van der Waals surface area contributed by atoms with Crippen LogP contribution in [0.25, 0.3) is 0 Å². The molecular formula is C24H30. The van der Waals surface area contributed by atoms with Gasteiger partial charge in [0.15, 0.2) is 0 Å². The van der Waals surface area contributed by atoms with Gasteiger partial charge in [-0.1, -0.05) is 41.4 Å². The van der Waals surface area contributed by atoms with Crippen LogP contribution < -0.4 is 0 Å². The van der Waals surface area contributed by atoms with Gasteiger partial charge in [0.05, 0.1) is 0 Å². The van der Waals surface area contributed by atoms with E-state index in [-0.39, 0.29) is 0 Å². The van der Waals surface area contributed by atoms with E-state index in [0.717, 1.165) is 5.92 Å². The molecule has 0 aliphatic heterocycles. The predicted octanol–water partition coefficient (Wildman–Crippen LogP) is 7.11. The Labute approximate surface area is 147 Å². The zero-order valence-corrected chi connectivity index (χ0v) is 15.0. The van der Waals surface area contributed by atoms with Crippen LogP contribution in [-0.2, 0) is 0 Å². The van der Waals surface area contributed by atoms with Gasteiger partial charge in [-0.2, -0.15) is 0 Å². The molecule has 126 valence electrons. The molecule has 0 aromatic heterocycles. The molecular weight excluding hydrogens is 288 g/mol. The Morgan fingerprint density at radius 3 is 2.33 bits per heavy atom. The van der Waals surface area contributed by atoms with Crippen molar-refractivity contribution in [2.24, 2.45) is 5.92 Å². The van der Waals surface area contributed by atoms with Crippen molar-refractivity contribution in [3.8, 4) is 0 Å². The maximum atomic E-state index is 2.43. The normalized spacial score (nSPS) is 30.0. The van der Waals surface area contributed by atoms with Crippen LogP contribution in [0.15, 0.2) is 57.2 Å². The minimum Gasteiger partial charge on any atom is -0.0804 e. The smallest absolute Gasteiger partial charge is 0.00600 e.